The predicted octanol–water partition coefficient (Wildman–Crippen LogP) is 10.4. The summed E-state index contributed by atoms with van der Waals surface area (Å²) in [5, 5.41) is 0. The smallest absolute Gasteiger partial charge is 0 e. The topological polar surface area (TPSA) is 0 Å². The summed E-state index contributed by atoms with van der Waals surface area (Å²) in [4.78, 5) is 0. The van der Waals surface area contributed by atoms with E-state index in [4.69, 9.17) is 0 Å². The Bertz CT molecular complexity index is 646. The van der Waals surface area contributed by atoms with Crippen LogP contribution in [-0.4, -0.2) is 0 Å². The third-order valence-electron chi connectivity index (χ3n) is 7.03. The van der Waals surface area contributed by atoms with Crippen molar-refractivity contribution in [2.45, 2.75) is 158 Å². The van der Waals surface area contributed by atoms with Crippen LogP contribution in [0.3, 0.4) is 0 Å². The SMILES string of the molecule is CCC[c-]1[c-](CCC)[c-](CCC)[c-](CCC)[c-]1CCC.CCCc1c[c-](CCC)cc1CCC.[Fe]. The summed E-state index contributed by atoms with van der Waals surface area (Å²) >= 11 is 0. The molecule has 35 heavy (non-hydrogen) atoms. The van der Waals surface area contributed by atoms with Crippen LogP contribution in [0.15, 0.2) is 12.1 Å². The van der Waals surface area contributed by atoms with E-state index in [9.17, 15) is 0 Å². The Morgan fingerprint density at radius 1 is 0.400 bits per heavy atom. The molecule has 0 N–H and O–H groups in total. The van der Waals surface area contributed by atoms with Gasteiger partial charge in [-0.05, 0) is 0 Å². The molecule has 0 aromatic heterocycles. The van der Waals surface area contributed by atoms with Gasteiger partial charge < -0.3 is 27.8 Å². The summed E-state index contributed by atoms with van der Waals surface area (Å²) in [5.41, 5.74) is 13.5. The molecule has 2 rings (SSSR count). The molecule has 0 nitrogen and oxygen atoms in total. The van der Waals surface area contributed by atoms with Gasteiger partial charge in [-0.2, -0.15) is 28.8 Å². The second kappa shape index (κ2) is 20.3. The third-order valence-corrected chi connectivity index (χ3v) is 7.03. The van der Waals surface area contributed by atoms with Crippen molar-refractivity contribution in [3.8, 4) is 0 Å². The first-order valence-corrected chi connectivity index (χ1v) is 15.1. The number of hydrogen-bond acceptors (Lipinski definition) is 0. The van der Waals surface area contributed by atoms with Crippen molar-refractivity contribution in [3.05, 3.63) is 56.6 Å². The van der Waals surface area contributed by atoms with E-state index in [-0.39, 0.29) is 17.1 Å². The van der Waals surface area contributed by atoms with Crippen LogP contribution in [-0.2, 0) is 68.4 Å². The number of rotatable bonds is 16. The molecule has 0 heterocycles. The minimum atomic E-state index is 0. The zero-order valence-electron chi connectivity index (χ0n) is 24.8. The maximum absolute atomic E-state index is 2.43. The molecule has 0 aliphatic rings. The van der Waals surface area contributed by atoms with E-state index >= 15 is 0 Å². The van der Waals surface area contributed by atoms with Gasteiger partial charge in [-0.1, -0.05) is 126 Å². The summed E-state index contributed by atoms with van der Waals surface area (Å²) in [5.74, 6) is 0. The zero-order valence-corrected chi connectivity index (χ0v) is 25.9. The predicted molar refractivity (Wildman–Crippen MR) is 156 cm³/mol. The van der Waals surface area contributed by atoms with Crippen molar-refractivity contribution in [2.75, 3.05) is 0 Å². The van der Waals surface area contributed by atoms with Gasteiger partial charge in [0.05, 0.1) is 0 Å². The van der Waals surface area contributed by atoms with Crippen LogP contribution in [0.2, 0.25) is 0 Å². The van der Waals surface area contributed by atoms with Crippen molar-refractivity contribution in [1.29, 1.82) is 0 Å². The molecule has 0 bridgehead atoms. The van der Waals surface area contributed by atoms with Gasteiger partial charge in [0, 0.05) is 17.1 Å². The minimum absolute atomic E-state index is 0. The van der Waals surface area contributed by atoms with E-state index in [1.807, 2.05) is 0 Å². The fourth-order valence-electron chi connectivity index (χ4n) is 5.78. The van der Waals surface area contributed by atoms with Gasteiger partial charge in [-0.3, -0.25) is 0 Å². The molecule has 0 radical (unpaired) electrons. The van der Waals surface area contributed by atoms with Gasteiger partial charge in [-0.15, -0.1) is 0 Å². The average molecular weight is 523 g/mol. The molecule has 0 unspecified atom stereocenters. The second-order valence-corrected chi connectivity index (χ2v) is 10.3. The first-order chi connectivity index (χ1) is 16.6. The zero-order chi connectivity index (χ0) is 25.3. The maximum atomic E-state index is 2.43. The maximum Gasteiger partial charge on any atom is 0 e. The summed E-state index contributed by atoms with van der Waals surface area (Å²) < 4.78 is 0. The van der Waals surface area contributed by atoms with Crippen LogP contribution in [0, 0.1) is 0 Å². The van der Waals surface area contributed by atoms with Crippen LogP contribution in [0.4, 0.5) is 0 Å². The van der Waals surface area contributed by atoms with E-state index < -0.39 is 0 Å². The standard InChI is InChI=1S/C20H35.C14H23.Fe/c1-6-11-16-17(12-7-2)19(14-9-4)20(15-10-5)18(16)13-8-3;1-4-7-12-10-13(8-5-2)14(11-12)9-6-3;/h6-15H2,1-5H3;10-11H,4-9H2,1-3H3;/q-5;-1;. The van der Waals surface area contributed by atoms with Gasteiger partial charge in [0.2, 0.25) is 0 Å². The summed E-state index contributed by atoms with van der Waals surface area (Å²) in [7, 11) is 0. The molecular weight excluding hydrogens is 464 g/mol. The molecule has 0 atom stereocenters. The molecule has 0 saturated carbocycles. The molecule has 0 fully saturated rings. The Morgan fingerprint density at radius 2 is 0.657 bits per heavy atom. The minimum Gasteiger partial charge on any atom is -0.727 e. The summed E-state index contributed by atoms with van der Waals surface area (Å²) in [6.07, 6.45) is 20.5. The Kier molecular flexibility index (Phi) is 19.8. The van der Waals surface area contributed by atoms with Crippen LogP contribution < -0.4 is 0 Å². The molecule has 208 valence electrons. The van der Waals surface area contributed by atoms with Gasteiger partial charge in [-0.25, -0.2) is 32.1 Å². The molecule has 2 aromatic rings. The summed E-state index contributed by atoms with van der Waals surface area (Å²) in [6.45, 7) is 18.4. The summed E-state index contributed by atoms with van der Waals surface area (Å²) in [6, 6.07) is 4.86. The van der Waals surface area contributed by atoms with Crippen molar-refractivity contribution in [2.24, 2.45) is 0 Å². The van der Waals surface area contributed by atoms with Gasteiger partial charge >= 0.3 is 0 Å². The van der Waals surface area contributed by atoms with Crippen molar-refractivity contribution in [3.63, 3.8) is 0 Å². The Labute approximate surface area is 231 Å². The molecule has 0 aliphatic carbocycles. The van der Waals surface area contributed by atoms with E-state index in [1.54, 1.807) is 44.5 Å². The fourth-order valence-corrected chi connectivity index (χ4v) is 5.78. The quantitative estimate of drug-likeness (QED) is 0.152. The molecule has 1 heteroatoms. The van der Waals surface area contributed by atoms with Gasteiger partial charge in [0.25, 0.3) is 0 Å². The van der Waals surface area contributed by atoms with E-state index in [2.05, 4.69) is 67.5 Å². The molecular formula is C34H58Fe-6. The van der Waals surface area contributed by atoms with E-state index in [1.165, 1.54) is 103 Å². The van der Waals surface area contributed by atoms with Crippen LogP contribution in [0.5, 0.6) is 0 Å². The number of hydrogen-bond donors (Lipinski definition) is 0. The van der Waals surface area contributed by atoms with E-state index in [0.29, 0.717) is 0 Å². The van der Waals surface area contributed by atoms with Crippen molar-refractivity contribution >= 4 is 0 Å². The van der Waals surface area contributed by atoms with Gasteiger partial charge in [0.15, 0.2) is 0 Å². The van der Waals surface area contributed by atoms with Crippen molar-refractivity contribution in [1.82, 2.24) is 0 Å². The second-order valence-electron chi connectivity index (χ2n) is 10.3. The Hall–Kier alpha value is -0.781. The van der Waals surface area contributed by atoms with Crippen LogP contribution >= 0.6 is 0 Å². The van der Waals surface area contributed by atoms with Gasteiger partial charge in [0.1, 0.15) is 0 Å². The Balaban J connectivity index is 0.000000680. The molecule has 0 amide bonds. The van der Waals surface area contributed by atoms with Crippen LogP contribution in [0.1, 0.15) is 151 Å². The number of aryl methyl sites for hydroxylation is 3. The third kappa shape index (κ3) is 10.6. The van der Waals surface area contributed by atoms with Crippen molar-refractivity contribution < 1.29 is 17.1 Å². The van der Waals surface area contributed by atoms with E-state index in [0.717, 1.165) is 0 Å². The fraction of sp³-hybridized carbons (Fsp3) is 0.706. The molecule has 2 aromatic carbocycles. The molecule has 0 spiro atoms. The normalized spacial score (nSPS) is 10.7. The average Bonchev–Trinajstić information content (AvgIpc) is 3.31. The molecule has 0 aliphatic heterocycles. The largest absolute Gasteiger partial charge is 0.727 e. The van der Waals surface area contributed by atoms with Crippen LogP contribution in [0.25, 0.3) is 0 Å². The Morgan fingerprint density at radius 3 is 0.857 bits per heavy atom. The monoisotopic (exact) mass is 522 g/mol. The first kappa shape index (κ1) is 34.2. The molecule has 0 saturated heterocycles. The first-order valence-electron chi connectivity index (χ1n) is 15.1.